The van der Waals surface area contributed by atoms with Crippen molar-refractivity contribution in [2.45, 2.75) is 450 Å². The fraction of sp³-hybridized carbons (Fsp3) is 0.710. The fourth-order valence-corrected chi connectivity index (χ4v) is 15.4. The maximum absolute atomic E-state index is 13.1. The average Bonchev–Trinajstić information content (AvgIpc) is 0.898. The lowest BCUT2D eigenvalue weighted by molar-refractivity contribution is -0.161. The molecule has 0 aromatic rings. The van der Waals surface area contributed by atoms with Crippen molar-refractivity contribution in [3.05, 3.63) is 170 Å². The van der Waals surface area contributed by atoms with E-state index in [1.807, 2.05) is 0 Å². The monoisotopic (exact) mass is 1790 g/mol. The third-order valence-corrected chi connectivity index (χ3v) is 23.3. The van der Waals surface area contributed by atoms with Crippen molar-refractivity contribution in [1.29, 1.82) is 0 Å². The van der Waals surface area contributed by atoms with Crippen LogP contribution in [0.4, 0.5) is 0 Å². The number of rotatable bonds is 95. The second-order valence-electron chi connectivity index (χ2n) is 33.5. The first kappa shape index (κ1) is 120. The molecule has 0 saturated heterocycles. The fourth-order valence-electron chi connectivity index (χ4n) is 13.8. The molecule has 0 aromatic heterocycles. The quantitative estimate of drug-likeness (QED) is 0.0146. The van der Waals surface area contributed by atoms with Crippen LogP contribution in [0.5, 0.6) is 0 Å². The molecule has 0 fully saturated rings. The van der Waals surface area contributed by atoms with Gasteiger partial charge in [0.05, 0.1) is 26.4 Å². The Kier molecular flexibility index (Phi) is 94.0. The minimum atomic E-state index is -4.95. The number of hydrogen-bond donors (Lipinski definition) is 4. The zero-order valence-corrected chi connectivity index (χ0v) is 81.3. The molecule has 0 heterocycles. The Labute approximate surface area is 764 Å². The van der Waals surface area contributed by atoms with E-state index in [-0.39, 0.29) is 19.3 Å². The lowest BCUT2D eigenvalue weighted by atomic mass is 10.0. The molecule has 0 bridgehead atoms. The summed E-state index contributed by atoms with van der Waals surface area (Å²) >= 11 is 0. The van der Waals surface area contributed by atoms with Crippen LogP contribution in [0.3, 0.4) is 0 Å². The molecule has 5 unspecified atom stereocenters. The summed E-state index contributed by atoms with van der Waals surface area (Å²) in [6.07, 6.45) is 128. The van der Waals surface area contributed by atoms with Gasteiger partial charge in [0.25, 0.3) is 0 Å². The number of hydrogen-bond acceptors (Lipinski definition) is 14. The molecule has 0 aliphatic heterocycles. The number of ether oxygens (including phenoxy) is 3. The molecule has 5 atom stereocenters. The van der Waals surface area contributed by atoms with Crippen LogP contribution in [0.15, 0.2) is 170 Å². The number of phosphoric ester groups is 2. The van der Waals surface area contributed by atoms with Crippen LogP contribution in [0, 0.1) is 0 Å². The summed E-state index contributed by atoms with van der Waals surface area (Å²) in [5, 5.41) is 20.8. The second kappa shape index (κ2) is 98.0. The molecule has 0 aromatic carbocycles. The number of carbonyl (C=O) groups is 3. The highest BCUT2D eigenvalue weighted by atomic mass is 31.2. The minimum Gasteiger partial charge on any atom is -0.463 e. The lowest BCUT2D eigenvalue weighted by Gasteiger charge is -2.21. The van der Waals surface area contributed by atoms with Gasteiger partial charge in [-0.25, -0.2) is 9.13 Å². The summed E-state index contributed by atoms with van der Waals surface area (Å²) in [5.74, 6) is -1.56. The van der Waals surface area contributed by atoms with Crippen LogP contribution in [-0.4, -0.2) is 95.9 Å². The van der Waals surface area contributed by atoms with Crippen molar-refractivity contribution in [2.24, 2.45) is 0 Å². The molecular weight excluding hydrogens is 1600 g/mol. The van der Waals surface area contributed by atoms with Gasteiger partial charge in [0.1, 0.15) is 25.4 Å². The summed E-state index contributed by atoms with van der Waals surface area (Å²) < 4.78 is 61.7. The minimum absolute atomic E-state index is 0.100. The second-order valence-corrected chi connectivity index (χ2v) is 36.5. The van der Waals surface area contributed by atoms with E-state index in [1.54, 1.807) is 0 Å². The summed E-state index contributed by atoms with van der Waals surface area (Å²) in [7, 11) is -9.82. The Morgan fingerprint density at radius 2 is 0.424 bits per heavy atom. The van der Waals surface area contributed by atoms with Crippen molar-refractivity contribution in [1.82, 2.24) is 0 Å². The molecule has 18 heteroatoms. The van der Waals surface area contributed by atoms with Gasteiger partial charge >= 0.3 is 33.6 Å². The standard InChI is InChI=1S/C107H184O16P2/c1-4-7-10-13-16-19-22-25-28-31-34-37-40-43-46-49-50-53-55-57-60-63-66-69-72-75-78-81-84-87-90-93-105(110)117-96-102(108)97-119-124(113,114)120-98-103(109)99-121-125(115,116)122-101-104(123-107(112)95-92-89-86-83-80-77-74-71-68-65-62-59-56-52-48-45-42-39-36-33-30-27-24-21-18-15-12-9-6-3)100-118-106(111)94-91-88-85-82-79-76-73-70-67-64-61-58-54-51-47-44-41-38-35-32-29-26-23-20-17-14-11-8-5-2/h7,10,16-21,25-30,34-39,43-48,50,53,102-104,108-109H,4-6,8-9,11-15,22-24,31-33,40-42,49,51-52,54-101H2,1-3H3,(H,113,114)(H,115,116)/b10-7-,19-16-,20-17-,21-18-,28-25-,29-26-,30-27-,37-34-,38-35-,39-36-,46-43-,47-44-,48-45-,53-50-. The summed E-state index contributed by atoms with van der Waals surface area (Å²) in [4.78, 5) is 59.2. The first-order valence-electron chi connectivity index (χ1n) is 50.4. The smallest absolute Gasteiger partial charge is 0.463 e. The Bertz CT molecular complexity index is 2950. The number of aliphatic hydroxyl groups excluding tert-OH is 2. The van der Waals surface area contributed by atoms with Gasteiger partial charge < -0.3 is 34.2 Å². The van der Waals surface area contributed by atoms with Gasteiger partial charge in [0.15, 0.2) is 6.10 Å². The van der Waals surface area contributed by atoms with Crippen LogP contribution in [-0.2, 0) is 55.8 Å². The molecule has 0 aliphatic rings. The summed E-state index contributed by atoms with van der Waals surface area (Å²) in [6.45, 7) is 2.58. The molecule has 0 radical (unpaired) electrons. The SMILES string of the molecule is CC/C=C\C/C=C\C/C=C\C/C=C\C/C=C\C/C=C\CCCCCCCCCCCCCCC(=O)OCC(O)COP(=O)(O)OCC(O)COP(=O)(O)OCC(COC(=O)CCCCCCCCCCCCCCC/C=C\C/C=C\C/C=C\C/C=C\CCCCC)OC(=O)CCCCCCCCCCCCCCC/C=C\C/C=C\C/C=C\C/C=C\CCCCC. The first-order valence-corrected chi connectivity index (χ1v) is 53.4. The van der Waals surface area contributed by atoms with E-state index < -0.39 is 91.5 Å². The molecule has 0 saturated carbocycles. The van der Waals surface area contributed by atoms with Gasteiger partial charge in [0.2, 0.25) is 0 Å². The van der Waals surface area contributed by atoms with Gasteiger partial charge in [-0.1, -0.05) is 422 Å². The van der Waals surface area contributed by atoms with Crippen LogP contribution >= 0.6 is 15.6 Å². The van der Waals surface area contributed by atoms with Gasteiger partial charge in [-0.2, -0.15) is 0 Å². The maximum Gasteiger partial charge on any atom is 0.472 e. The predicted molar refractivity (Wildman–Crippen MR) is 528 cm³/mol. The molecule has 718 valence electrons. The number of carbonyl (C=O) groups excluding carboxylic acids is 3. The average molecular weight is 1790 g/mol. The van der Waals surface area contributed by atoms with E-state index >= 15 is 0 Å². The molecule has 4 N–H and O–H groups in total. The Hall–Kier alpha value is -5.09. The summed E-state index contributed by atoms with van der Waals surface area (Å²) in [6, 6.07) is 0. The molecular formula is C107H184O16P2. The van der Waals surface area contributed by atoms with Gasteiger partial charge in [0, 0.05) is 19.3 Å². The van der Waals surface area contributed by atoms with E-state index in [0.717, 1.165) is 167 Å². The number of phosphoric acid groups is 2. The Balaban J connectivity index is 4.64. The highest BCUT2D eigenvalue weighted by Crippen LogP contribution is 2.45. The van der Waals surface area contributed by atoms with Crippen molar-refractivity contribution in [3.63, 3.8) is 0 Å². The van der Waals surface area contributed by atoms with Gasteiger partial charge in [-0.05, 0) is 161 Å². The van der Waals surface area contributed by atoms with Crippen LogP contribution < -0.4 is 0 Å². The van der Waals surface area contributed by atoms with Crippen molar-refractivity contribution in [2.75, 3.05) is 39.6 Å². The van der Waals surface area contributed by atoms with E-state index in [2.05, 4.69) is 191 Å². The van der Waals surface area contributed by atoms with Crippen molar-refractivity contribution >= 4 is 33.6 Å². The van der Waals surface area contributed by atoms with Crippen LogP contribution in [0.2, 0.25) is 0 Å². The van der Waals surface area contributed by atoms with Gasteiger partial charge in [-0.15, -0.1) is 0 Å². The largest absolute Gasteiger partial charge is 0.472 e. The summed E-state index contributed by atoms with van der Waals surface area (Å²) in [5.41, 5.74) is 0. The van der Waals surface area contributed by atoms with Crippen molar-refractivity contribution < 1.29 is 75.8 Å². The molecule has 0 aliphatic carbocycles. The first-order chi connectivity index (χ1) is 61.2. The molecule has 0 spiro atoms. The number of esters is 3. The normalized spacial score (nSPS) is 14.4. The molecule has 0 amide bonds. The Morgan fingerprint density at radius 3 is 0.672 bits per heavy atom. The number of aliphatic hydroxyl groups is 2. The molecule has 125 heavy (non-hydrogen) atoms. The Morgan fingerprint density at radius 1 is 0.232 bits per heavy atom. The lowest BCUT2D eigenvalue weighted by Crippen LogP contribution is -2.30. The number of unbranched alkanes of at least 4 members (excludes halogenated alkanes) is 44. The van der Waals surface area contributed by atoms with Crippen molar-refractivity contribution in [3.8, 4) is 0 Å². The van der Waals surface area contributed by atoms with Gasteiger partial charge in [-0.3, -0.25) is 32.5 Å². The zero-order valence-electron chi connectivity index (χ0n) is 79.5. The van der Waals surface area contributed by atoms with Crippen LogP contribution in [0.1, 0.15) is 432 Å². The maximum atomic E-state index is 13.1. The highest BCUT2D eigenvalue weighted by Gasteiger charge is 2.30. The van der Waals surface area contributed by atoms with Crippen LogP contribution in [0.25, 0.3) is 0 Å². The van der Waals surface area contributed by atoms with E-state index in [4.69, 9.17) is 32.3 Å². The molecule has 16 nitrogen and oxygen atoms in total. The zero-order chi connectivity index (χ0) is 90.7. The third-order valence-electron chi connectivity index (χ3n) is 21.4. The number of allylic oxidation sites excluding steroid dienone is 28. The van der Waals surface area contributed by atoms with E-state index in [0.29, 0.717) is 19.3 Å². The third kappa shape index (κ3) is 99.3. The van der Waals surface area contributed by atoms with E-state index in [1.165, 1.54) is 205 Å². The molecule has 0 rings (SSSR count). The topological polar surface area (TPSA) is 231 Å². The van der Waals surface area contributed by atoms with E-state index in [9.17, 15) is 43.5 Å². The highest BCUT2D eigenvalue weighted by molar-refractivity contribution is 7.47. The predicted octanol–water partition coefficient (Wildman–Crippen LogP) is 31.8.